The van der Waals surface area contributed by atoms with Crippen LogP contribution in [0.5, 0.6) is 5.75 Å². The molecule has 2 aliphatic rings. The van der Waals surface area contributed by atoms with Gasteiger partial charge in [-0.2, -0.15) is 18.4 Å². The molecule has 0 spiro atoms. The molecule has 1 amide bonds. The van der Waals surface area contributed by atoms with Gasteiger partial charge in [0.2, 0.25) is 5.91 Å². The van der Waals surface area contributed by atoms with Gasteiger partial charge in [0.1, 0.15) is 11.8 Å². The molecule has 2 fully saturated rings. The molecule has 0 saturated carbocycles. The summed E-state index contributed by atoms with van der Waals surface area (Å²) in [7, 11) is 2.00. The minimum atomic E-state index is -4.53. The van der Waals surface area contributed by atoms with Crippen molar-refractivity contribution in [2.75, 3.05) is 44.7 Å². The van der Waals surface area contributed by atoms with Crippen LogP contribution in [-0.2, 0) is 16.5 Å². The van der Waals surface area contributed by atoms with Crippen molar-refractivity contribution in [3.63, 3.8) is 0 Å². The normalized spacial score (nSPS) is 18.9. The van der Waals surface area contributed by atoms with Crippen molar-refractivity contribution in [3.8, 4) is 23.1 Å². The molecule has 2 aromatic carbocycles. The van der Waals surface area contributed by atoms with E-state index in [2.05, 4.69) is 10.2 Å². The number of hydrogen-bond acceptors (Lipinski definition) is 6. The van der Waals surface area contributed by atoms with Gasteiger partial charge in [0.25, 0.3) is 0 Å². The number of carbonyl (C=O) groups excluding carboxylic acids is 1. The largest absolute Gasteiger partial charge is 0.493 e. The number of halogens is 3. The first-order valence-electron chi connectivity index (χ1n) is 14.2. The van der Waals surface area contributed by atoms with E-state index in [0.29, 0.717) is 44.8 Å². The van der Waals surface area contributed by atoms with E-state index in [-0.39, 0.29) is 17.4 Å². The Hall–Kier alpha value is -4.10. The Morgan fingerprint density at radius 3 is 2.52 bits per heavy atom. The van der Waals surface area contributed by atoms with Crippen molar-refractivity contribution >= 4 is 11.6 Å². The Morgan fingerprint density at radius 2 is 1.90 bits per heavy atom. The lowest BCUT2D eigenvalue weighted by atomic mass is 9.80. The Morgan fingerprint density at radius 1 is 1.14 bits per heavy atom. The summed E-state index contributed by atoms with van der Waals surface area (Å²) in [6, 6.07) is 16.8. The van der Waals surface area contributed by atoms with E-state index in [1.54, 1.807) is 6.20 Å². The number of benzene rings is 2. The summed E-state index contributed by atoms with van der Waals surface area (Å²) in [6.45, 7) is 4.90. The van der Waals surface area contributed by atoms with Crippen molar-refractivity contribution < 1.29 is 22.7 Å². The molecular weight excluding hydrogens is 543 g/mol. The Labute approximate surface area is 243 Å². The standard InChI is InChI=1S/C32H34F3N5O2/c1-3-42-29-7-5-4-6-26(29)27-10-8-25(20-37-27)31(38-30(41)22-12-15-39(2)21-22)13-16-40(17-14-31)28-11-9-24(32(33,34)35)18-23(28)19-36/h4-11,18,20,22H,3,12-17,21H2,1-2H3,(H,38,41)/t22-/m0/s1. The number of hydrogen-bond donors (Lipinski definition) is 1. The van der Waals surface area contributed by atoms with E-state index in [9.17, 15) is 23.2 Å². The van der Waals surface area contributed by atoms with Crippen molar-refractivity contribution in [3.05, 3.63) is 77.5 Å². The Bertz CT molecular complexity index is 1460. The minimum Gasteiger partial charge on any atom is -0.493 e. The first-order chi connectivity index (χ1) is 20.1. The molecule has 3 heterocycles. The molecule has 1 atom stereocenters. The third-order valence-electron chi connectivity index (χ3n) is 8.31. The Balaban J connectivity index is 1.43. The number of nitrogens with zero attached hydrogens (tertiary/aromatic N) is 4. The van der Waals surface area contributed by atoms with Gasteiger partial charge in [0, 0.05) is 31.4 Å². The maximum atomic E-state index is 13.5. The van der Waals surface area contributed by atoms with E-state index in [4.69, 9.17) is 9.72 Å². The number of amides is 1. The van der Waals surface area contributed by atoms with Crippen LogP contribution in [0.1, 0.15) is 42.9 Å². The van der Waals surface area contributed by atoms with Crippen molar-refractivity contribution in [2.45, 2.75) is 37.9 Å². The second kappa shape index (κ2) is 12.0. The van der Waals surface area contributed by atoms with Gasteiger partial charge >= 0.3 is 6.18 Å². The first-order valence-corrected chi connectivity index (χ1v) is 14.2. The summed E-state index contributed by atoms with van der Waals surface area (Å²) in [5.41, 5.74) is 1.38. The third-order valence-corrected chi connectivity index (χ3v) is 8.31. The number of carbonyl (C=O) groups is 1. The third kappa shape index (κ3) is 6.07. The lowest BCUT2D eigenvalue weighted by Gasteiger charge is -2.44. The van der Waals surface area contributed by atoms with Crippen LogP contribution in [0.2, 0.25) is 0 Å². The zero-order valence-corrected chi connectivity index (χ0v) is 23.7. The number of anilines is 1. The molecule has 0 radical (unpaired) electrons. The van der Waals surface area contributed by atoms with Crippen LogP contribution in [-0.4, -0.2) is 55.6 Å². The van der Waals surface area contributed by atoms with Crippen LogP contribution in [0.3, 0.4) is 0 Å². The number of rotatable bonds is 7. The first kappa shape index (κ1) is 29.4. The fourth-order valence-electron chi connectivity index (χ4n) is 5.98. The van der Waals surface area contributed by atoms with Gasteiger partial charge in [-0.3, -0.25) is 9.78 Å². The van der Waals surface area contributed by atoms with Crippen LogP contribution in [0.4, 0.5) is 18.9 Å². The molecule has 42 heavy (non-hydrogen) atoms. The molecule has 3 aromatic rings. The van der Waals surface area contributed by atoms with E-state index in [0.717, 1.165) is 47.7 Å². The SMILES string of the molecule is CCOc1ccccc1-c1ccc(C2(NC(=O)[C@H]3CCN(C)C3)CCN(c3ccc(C(F)(F)F)cc3C#N)CC2)cn1. The predicted octanol–water partition coefficient (Wildman–Crippen LogP) is 5.60. The highest BCUT2D eigenvalue weighted by Crippen LogP contribution is 2.39. The van der Waals surface area contributed by atoms with E-state index in [1.807, 2.05) is 61.3 Å². The fourth-order valence-corrected chi connectivity index (χ4v) is 5.98. The quantitative estimate of drug-likeness (QED) is 0.394. The topological polar surface area (TPSA) is 81.5 Å². The maximum Gasteiger partial charge on any atom is 0.416 e. The summed E-state index contributed by atoms with van der Waals surface area (Å²) in [5.74, 6) is 0.618. The zero-order valence-electron chi connectivity index (χ0n) is 23.7. The van der Waals surface area contributed by atoms with Crippen LogP contribution in [0.25, 0.3) is 11.3 Å². The van der Waals surface area contributed by atoms with Crippen LogP contribution < -0.4 is 15.0 Å². The summed E-state index contributed by atoms with van der Waals surface area (Å²) in [4.78, 5) is 22.3. The van der Waals surface area contributed by atoms with Gasteiger partial charge in [-0.25, -0.2) is 0 Å². The average Bonchev–Trinajstić information content (AvgIpc) is 3.44. The van der Waals surface area contributed by atoms with Crippen LogP contribution >= 0.6 is 0 Å². The summed E-state index contributed by atoms with van der Waals surface area (Å²) < 4.78 is 45.6. The van der Waals surface area contributed by atoms with Gasteiger partial charge in [-0.1, -0.05) is 18.2 Å². The lowest BCUT2D eigenvalue weighted by molar-refractivity contribution is -0.137. The van der Waals surface area contributed by atoms with Crippen LogP contribution in [0, 0.1) is 17.2 Å². The van der Waals surface area contributed by atoms with Crippen molar-refractivity contribution in [1.29, 1.82) is 5.26 Å². The number of para-hydroxylation sites is 1. The highest BCUT2D eigenvalue weighted by atomic mass is 19.4. The molecule has 2 saturated heterocycles. The minimum absolute atomic E-state index is 0.00851. The zero-order chi connectivity index (χ0) is 29.9. The second-order valence-corrected chi connectivity index (χ2v) is 11.0. The second-order valence-electron chi connectivity index (χ2n) is 11.0. The van der Waals surface area contributed by atoms with Crippen LogP contribution in [0.15, 0.2) is 60.8 Å². The van der Waals surface area contributed by atoms with E-state index < -0.39 is 17.3 Å². The number of likely N-dealkylation sites (tertiary alicyclic amines) is 1. The number of alkyl halides is 3. The van der Waals surface area contributed by atoms with Crippen molar-refractivity contribution in [1.82, 2.24) is 15.2 Å². The fraction of sp³-hybridized carbons (Fsp3) is 0.406. The number of nitriles is 1. The maximum absolute atomic E-state index is 13.5. The molecule has 0 aliphatic carbocycles. The molecule has 5 rings (SSSR count). The Kier molecular flexibility index (Phi) is 8.41. The highest BCUT2D eigenvalue weighted by molar-refractivity contribution is 5.80. The number of nitrogens with one attached hydrogen (secondary N) is 1. The van der Waals surface area contributed by atoms with Crippen molar-refractivity contribution in [2.24, 2.45) is 5.92 Å². The predicted molar refractivity (Wildman–Crippen MR) is 154 cm³/mol. The lowest BCUT2D eigenvalue weighted by Crippen LogP contribution is -2.54. The molecule has 0 bridgehead atoms. The molecular formula is C32H34F3N5O2. The molecule has 10 heteroatoms. The highest BCUT2D eigenvalue weighted by Gasteiger charge is 2.41. The number of ether oxygens (including phenoxy) is 1. The average molecular weight is 578 g/mol. The molecule has 0 unspecified atom stereocenters. The van der Waals surface area contributed by atoms with Gasteiger partial charge in [0.05, 0.1) is 40.6 Å². The number of pyridine rings is 1. The number of piperidine rings is 1. The monoisotopic (exact) mass is 577 g/mol. The van der Waals surface area contributed by atoms with Gasteiger partial charge in [-0.15, -0.1) is 0 Å². The summed E-state index contributed by atoms with van der Waals surface area (Å²) in [6.07, 6.45) is -0.934. The molecule has 7 nitrogen and oxygen atoms in total. The van der Waals surface area contributed by atoms with E-state index >= 15 is 0 Å². The van der Waals surface area contributed by atoms with E-state index in [1.165, 1.54) is 6.07 Å². The van der Waals surface area contributed by atoms with Gasteiger partial charge in [0.15, 0.2) is 0 Å². The van der Waals surface area contributed by atoms with Gasteiger partial charge in [-0.05, 0) is 81.7 Å². The number of aromatic nitrogens is 1. The smallest absolute Gasteiger partial charge is 0.416 e. The molecule has 1 aromatic heterocycles. The van der Waals surface area contributed by atoms with Gasteiger partial charge < -0.3 is 19.9 Å². The molecule has 1 N–H and O–H groups in total. The summed E-state index contributed by atoms with van der Waals surface area (Å²) >= 11 is 0. The molecule has 220 valence electrons. The molecule has 2 aliphatic heterocycles. The summed E-state index contributed by atoms with van der Waals surface area (Å²) in [5, 5.41) is 13.0.